The Balaban J connectivity index is 3.24. The molecule has 32 valence electrons. The van der Waals surface area contributed by atoms with Crippen molar-refractivity contribution in [3.63, 3.8) is 0 Å². The number of halogens is 2. The van der Waals surface area contributed by atoms with Crippen molar-refractivity contribution in [3.05, 3.63) is 10.2 Å². The summed E-state index contributed by atoms with van der Waals surface area (Å²) in [6.07, 6.45) is 1.80. The zero-order chi connectivity index (χ0) is 4.83. The molecular weight excluding hydrogens is 302 g/mol. The van der Waals surface area contributed by atoms with Crippen molar-refractivity contribution >= 4 is 45.2 Å². The van der Waals surface area contributed by atoms with E-state index in [0.29, 0.717) is 0 Å². The van der Waals surface area contributed by atoms with Gasteiger partial charge in [0.05, 0.1) is 0 Å². The molecule has 0 saturated heterocycles. The minimum Gasteiger partial charge on any atom is -0.0631 e. The van der Waals surface area contributed by atoms with Crippen molar-refractivity contribution in [2.75, 3.05) is 0 Å². The van der Waals surface area contributed by atoms with Crippen molar-refractivity contribution in [1.29, 1.82) is 0 Å². The predicted octanol–water partition coefficient (Wildman–Crippen LogP) is 2.33. The molecule has 0 aromatic rings. The first-order valence-electron chi connectivity index (χ1n) is 1.28. The molecule has 0 N–H and O–H groups in total. The van der Waals surface area contributed by atoms with Crippen molar-refractivity contribution < 1.29 is 0 Å². The quantitative estimate of drug-likeness (QED) is 0.476. The molecule has 2 heteroatoms. The van der Waals surface area contributed by atoms with Crippen molar-refractivity contribution in [3.8, 4) is 9.85 Å². The van der Waals surface area contributed by atoms with Gasteiger partial charge >= 0.3 is 0 Å². The summed E-state index contributed by atoms with van der Waals surface area (Å²) in [5.41, 5.74) is 0. The molecule has 0 radical (unpaired) electrons. The summed E-state index contributed by atoms with van der Waals surface area (Å²) in [5, 5.41) is 0. The van der Waals surface area contributed by atoms with Gasteiger partial charge in [-0.15, -0.1) is 0 Å². The third kappa shape index (κ3) is 4.76. The van der Waals surface area contributed by atoms with Crippen molar-refractivity contribution in [2.24, 2.45) is 0 Å². The van der Waals surface area contributed by atoms with Gasteiger partial charge in [-0.3, -0.25) is 0 Å². The highest BCUT2D eigenvalue weighted by Gasteiger charge is 1.48. The fourth-order valence-electron chi connectivity index (χ4n) is 0.0630. The lowest BCUT2D eigenvalue weighted by Gasteiger charge is -1.53. The number of rotatable bonds is 0. The van der Waals surface area contributed by atoms with Gasteiger partial charge in [0.1, 0.15) is 0 Å². The molecule has 0 rings (SSSR count). The molecule has 0 aromatic heterocycles. The minimum atomic E-state index is 1.80. The van der Waals surface area contributed by atoms with E-state index in [9.17, 15) is 0 Å². The van der Waals surface area contributed by atoms with Crippen molar-refractivity contribution in [2.45, 2.75) is 0 Å². The average Bonchev–Trinajstić information content (AvgIpc) is 1.61. The minimum absolute atomic E-state index is 1.80. The summed E-state index contributed by atoms with van der Waals surface area (Å²) in [6.45, 7) is 0. The zero-order valence-corrected chi connectivity index (χ0v) is 7.23. The van der Waals surface area contributed by atoms with E-state index in [4.69, 9.17) is 0 Å². The lowest BCUT2D eigenvalue weighted by Crippen LogP contribution is -1.34. The van der Waals surface area contributed by atoms with E-state index in [0.717, 1.165) is 0 Å². The Kier molecular flexibility index (Phi) is 6.49. The van der Waals surface area contributed by atoms with E-state index < -0.39 is 0 Å². The third-order valence-corrected chi connectivity index (χ3v) is 0.872. The Morgan fingerprint density at radius 1 is 1.50 bits per heavy atom. The molecule has 0 aromatic carbocycles. The summed E-state index contributed by atoms with van der Waals surface area (Å²) >= 11 is 4.12. The van der Waals surface area contributed by atoms with Crippen LogP contribution in [0.4, 0.5) is 0 Å². The van der Waals surface area contributed by atoms with Crippen LogP contribution in [0.1, 0.15) is 0 Å². The van der Waals surface area contributed by atoms with E-state index in [2.05, 4.69) is 32.4 Å². The highest BCUT2D eigenvalue weighted by molar-refractivity contribution is 14.1. The van der Waals surface area contributed by atoms with Gasteiger partial charge in [0.15, 0.2) is 0 Å². The van der Waals surface area contributed by atoms with E-state index in [-0.39, 0.29) is 0 Å². The van der Waals surface area contributed by atoms with Gasteiger partial charge in [-0.2, -0.15) is 0 Å². The number of hydrogen-bond donors (Lipinski definition) is 0. The van der Waals surface area contributed by atoms with Crippen molar-refractivity contribution in [1.82, 2.24) is 0 Å². The van der Waals surface area contributed by atoms with Crippen LogP contribution in [0.15, 0.2) is 10.2 Å². The van der Waals surface area contributed by atoms with Gasteiger partial charge < -0.3 is 0 Å². The Morgan fingerprint density at radius 3 is 2.33 bits per heavy atom. The Hall–Kier alpha value is 0.760. The van der Waals surface area contributed by atoms with Crippen LogP contribution in [-0.4, -0.2) is 0 Å². The van der Waals surface area contributed by atoms with Gasteiger partial charge in [0.25, 0.3) is 0 Å². The lowest BCUT2D eigenvalue weighted by atomic mass is 10.7. The first-order valence-corrected chi connectivity index (χ1v) is 3.60. The normalized spacial score (nSPS) is 7.67. The lowest BCUT2D eigenvalue weighted by molar-refractivity contribution is 2.32. The smallest absolute Gasteiger partial charge is 0.0185 e. The van der Waals surface area contributed by atoms with Crippen LogP contribution in [0.25, 0.3) is 0 Å². The van der Waals surface area contributed by atoms with Gasteiger partial charge in [0.2, 0.25) is 0 Å². The maximum atomic E-state index is 2.75. The Morgan fingerprint density at radius 2 is 2.17 bits per heavy atom. The molecule has 0 bridgehead atoms. The highest BCUT2D eigenvalue weighted by Crippen LogP contribution is 1.81. The van der Waals surface area contributed by atoms with Gasteiger partial charge in [-0.05, 0) is 14.1 Å². The first kappa shape index (κ1) is 6.76. The first-order chi connectivity index (χ1) is 2.91. The Bertz CT molecular complexity index is 93.9. The molecule has 0 aliphatic heterocycles. The van der Waals surface area contributed by atoms with Crippen LogP contribution in [0.3, 0.4) is 0 Å². The maximum Gasteiger partial charge on any atom is 0.0185 e. The fourth-order valence-corrected chi connectivity index (χ4v) is 0.423. The summed E-state index contributed by atoms with van der Waals surface area (Å²) in [7, 11) is 0. The predicted molar refractivity (Wildman–Crippen MR) is 45.0 cm³/mol. The number of hydrogen-bond acceptors (Lipinski definition) is 0. The SMILES string of the molecule is IC#C/C=C/I. The van der Waals surface area contributed by atoms with Crippen LogP contribution < -0.4 is 0 Å². The Labute approximate surface area is 64.7 Å². The monoisotopic (exact) mass is 304 g/mol. The second kappa shape index (κ2) is 5.76. The van der Waals surface area contributed by atoms with E-state index in [1.807, 2.05) is 26.7 Å². The molecule has 0 aliphatic rings. The molecule has 0 fully saturated rings. The summed E-state index contributed by atoms with van der Waals surface area (Å²) in [5.74, 6) is 2.75. The second-order valence-electron chi connectivity index (χ2n) is 0.531. The molecule has 0 heterocycles. The average molecular weight is 304 g/mol. The third-order valence-electron chi connectivity index (χ3n) is 0.201. The van der Waals surface area contributed by atoms with Crippen LogP contribution in [0.2, 0.25) is 0 Å². The largest absolute Gasteiger partial charge is 0.0631 e. The number of allylic oxidation sites excluding steroid dienone is 1. The van der Waals surface area contributed by atoms with Crippen LogP contribution in [0, 0.1) is 9.85 Å². The molecule has 0 aliphatic carbocycles. The fraction of sp³-hybridized carbons (Fsp3) is 0. The molecule has 0 saturated carbocycles. The van der Waals surface area contributed by atoms with Gasteiger partial charge in [-0.1, -0.05) is 28.5 Å². The molecule has 0 unspecified atom stereocenters. The van der Waals surface area contributed by atoms with E-state index in [1.165, 1.54) is 0 Å². The molecule has 6 heavy (non-hydrogen) atoms. The summed E-state index contributed by atoms with van der Waals surface area (Å²) in [4.78, 5) is 0. The van der Waals surface area contributed by atoms with E-state index >= 15 is 0 Å². The maximum absolute atomic E-state index is 2.75. The molecule has 0 atom stereocenters. The highest BCUT2D eigenvalue weighted by atomic mass is 127. The van der Waals surface area contributed by atoms with E-state index in [1.54, 1.807) is 6.08 Å². The van der Waals surface area contributed by atoms with Crippen LogP contribution >= 0.6 is 45.2 Å². The van der Waals surface area contributed by atoms with Crippen LogP contribution in [-0.2, 0) is 0 Å². The summed E-state index contributed by atoms with van der Waals surface area (Å²) in [6, 6.07) is 0. The standard InChI is InChI=1S/C4H2I2/c5-3-1-2-4-6/h1,3H/b3-1+. The molecule has 0 spiro atoms. The second-order valence-corrected chi connectivity index (χ2v) is 1.79. The summed E-state index contributed by atoms with van der Waals surface area (Å²) < 4.78 is 4.58. The molecule has 0 nitrogen and oxygen atoms in total. The topological polar surface area (TPSA) is 0 Å². The van der Waals surface area contributed by atoms with Gasteiger partial charge in [-0.25, -0.2) is 0 Å². The molecule has 0 amide bonds. The molecular formula is C4H2I2. The van der Waals surface area contributed by atoms with Crippen LogP contribution in [0.5, 0.6) is 0 Å². The zero-order valence-electron chi connectivity index (χ0n) is 2.91. The van der Waals surface area contributed by atoms with Gasteiger partial charge in [0, 0.05) is 22.6 Å².